The van der Waals surface area contributed by atoms with Gasteiger partial charge in [0, 0.05) is 16.0 Å². The monoisotopic (exact) mass is 266 g/mol. The Morgan fingerprint density at radius 2 is 1.24 bits per heavy atom. The van der Waals surface area contributed by atoms with Gasteiger partial charge in [0.2, 0.25) is 0 Å². The van der Waals surface area contributed by atoms with E-state index in [2.05, 4.69) is 0 Å². The highest BCUT2D eigenvalue weighted by Gasteiger charge is 2.17. The van der Waals surface area contributed by atoms with Gasteiger partial charge < -0.3 is 5.11 Å². The zero-order valence-corrected chi connectivity index (χ0v) is 10.6. The summed E-state index contributed by atoms with van der Waals surface area (Å²) in [4.78, 5) is 0. The van der Waals surface area contributed by atoms with Crippen LogP contribution < -0.4 is 0 Å². The lowest BCUT2D eigenvalue weighted by atomic mass is 9.92. The van der Waals surface area contributed by atoms with Gasteiger partial charge in [0.25, 0.3) is 0 Å². The Balaban J connectivity index is 2.48. The van der Waals surface area contributed by atoms with E-state index in [1.807, 2.05) is 48.5 Å². The van der Waals surface area contributed by atoms with Crippen LogP contribution >= 0.6 is 23.2 Å². The van der Waals surface area contributed by atoms with Gasteiger partial charge in [-0.25, -0.2) is 0 Å². The molecule has 0 saturated heterocycles. The summed E-state index contributed by atoms with van der Waals surface area (Å²) in [6, 6.07) is 15.0. The van der Waals surface area contributed by atoms with Crippen molar-refractivity contribution in [1.82, 2.24) is 0 Å². The minimum atomic E-state index is -0.183. The number of aliphatic hydroxyl groups excluding tert-OH is 1. The molecule has 1 nitrogen and oxygen atoms in total. The first-order valence-electron chi connectivity index (χ1n) is 5.33. The Morgan fingerprint density at radius 1 is 0.824 bits per heavy atom. The van der Waals surface area contributed by atoms with Crippen molar-refractivity contribution < 1.29 is 5.11 Å². The zero-order valence-electron chi connectivity index (χ0n) is 9.11. The van der Waals surface area contributed by atoms with Gasteiger partial charge in [0.1, 0.15) is 0 Å². The molecule has 0 saturated carbocycles. The summed E-state index contributed by atoms with van der Waals surface area (Å²) in [6.07, 6.45) is 0. The van der Waals surface area contributed by atoms with Gasteiger partial charge in [-0.2, -0.15) is 0 Å². The third-order valence-corrected chi connectivity index (χ3v) is 3.43. The SMILES string of the molecule is OCC(c1ccccc1Cl)c1ccccc1Cl. The number of rotatable bonds is 3. The van der Waals surface area contributed by atoms with Gasteiger partial charge in [-0.05, 0) is 23.3 Å². The largest absolute Gasteiger partial charge is 0.395 e. The minimum Gasteiger partial charge on any atom is -0.395 e. The Hall–Kier alpha value is -1.02. The minimum absolute atomic E-state index is 0.0204. The number of benzene rings is 2. The van der Waals surface area contributed by atoms with Crippen molar-refractivity contribution in [2.24, 2.45) is 0 Å². The van der Waals surface area contributed by atoms with E-state index in [1.165, 1.54) is 0 Å². The van der Waals surface area contributed by atoms with Crippen molar-refractivity contribution in [3.63, 3.8) is 0 Å². The van der Waals surface area contributed by atoms with E-state index >= 15 is 0 Å². The van der Waals surface area contributed by atoms with Gasteiger partial charge in [0.05, 0.1) is 6.61 Å². The van der Waals surface area contributed by atoms with Gasteiger partial charge >= 0.3 is 0 Å². The first kappa shape index (κ1) is 12.4. The molecule has 0 spiro atoms. The fraction of sp³-hybridized carbons (Fsp3) is 0.143. The molecule has 3 heteroatoms. The Labute approximate surface area is 111 Å². The zero-order chi connectivity index (χ0) is 12.3. The molecule has 0 aliphatic carbocycles. The van der Waals surface area contributed by atoms with E-state index in [4.69, 9.17) is 23.2 Å². The van der Waals surface area contributed by atoms with Crippen molar-refractivity contribution >= 4 is 23.2 Å². The lowest BCUT2D eigenvalue weighted by Gasteiger charge is -2.17. The molecule has 0 amide bonds. The lowest BCUT2D eigenvalue weighted by molar-refractivity contribution is 0.280. The van der Waals surface area contributed by atoms with Crippen LogP contribution in [0.2, 0.25) is 10.0 Å². The summed E-state index contributed by atoms with van der Waals surface area (Å²) < 4.78 is 0. The number of hydrogen-bond acceptors (Lipinski definition) is 1. The molecule has 2 aromatic carbocycles. The molecule has 2 rings (SSSR count). The van der Waals surface area contributed by atoms with E-state index in [1.54, 1.807) is 0 Å². The van der Waals surface area contributed by atoms with Crippen LogP contribution in [-0.2, 0) is 0 Å². The number of hydrogen-bond donors (Lipinski definition) is 1. The normalized spacial score (nSPS) is 10.8. The van der Waals surface area contributed by atoms with Crippen molar-refractivity contribution in [3.8, 4) is 0 Å². The van der Waals surface area contributed by atoms with Gasteiger partial charge in [0.15, 0.2) is 0 Å². The molecule has 0 fully saturated rings. The fourth-order valence-electron chi connectivity index (χ4n) is 1.88. The summed E-state index contributed by atoms with van der Waals surface area (Å²) in [5.41, 5.74) is 1.79. The van der Waals surface area contributed by atoms with Crippen LogP contribution in [0, 0.1) is 0 Å². The summed E-state index contributed by atoms with van der Waals surface area (Å²) in [5, 5.41) is 10.9. The van der Waals surface area contributed by atoms with Crippen LogP contribution in [0.25, 0.3) is 0 Å². The first-order chi connectivity index (χ1) is 8.24. The molecule has 17 heavy (non-hydrogen) atoms. The topological polar surface area (TPSA) is 20.2 Å². The standard InChI is InChI=1S/C14H12Cl2O/c15-13-7-3-1-5-10(13)12(9-17)11-6-2-4-8-14(11)16/h1-8,12,17H,9H2. The molecule has 0 bridgehead atoms. The van der Waals surface area contributed by atoms with E-state index in [0.29, 0.717) is 10.0 Å². The average Bonchev–Trinajstić information content (AvgIpc) is 2.34. The fourth-order valence-corrected chi connectivity index (χ4v) is 2.41. The molecule has 0 aliphatic rings. The van der Waals surface area contributed by atoms with Crippen molar-refractivity contribution in [1.29, 1.82) is 0 Å². The molecular formula is C14H12Cl2O. The Bertz CT molecular complexity index is 466. The maximum atomic E-state index is 9.56. The van der Waals surface area contributed by atoms with Gasteiger partial charge in [-0.15, -0.1) is 0 Å². The first-order valence-corrected chi connectivity index (χ1v) is 6.09. The Morgan fingerprint density at radius 3 is 1.59 bits per heavy atom. The van der Waals surface area contributed by atoms with Crippen molar-refractivity contribution in [3.05, 3.63) is 69.7 Å². The average molecular weight is 267 g/mol. The van der Waals surface area contributed by atoms with Crippen molar-refractivity contribution in [2.75, 3.05) is 6.61 Å². The predicted molar refractivity (Wildman–Crippen MR) is 71.8 cm³/mol. The highest BCUT2D eigenvalue weighted by molar-refractivity contribution is 6.32. The molecule has 0 atom stereocenters. The molecule has 0 heterocycles. The van der Waals surface area contributed by atoms with Crippen LogP contribution in [0.5, 0.6) is 0 Å². The molecule has 2 aromatic rings. The molecule has 0 aliphatic heterocycles. The van der Waals surface area contributed by atoms with Gasteiger partial charge in [-0.3, -0.25) is 0 Å². The number of aliphatic hydroxyl groups is 1. The molecule has 0 unspecified atom stereocenters. The second kappa shape index (κ2) is 5.54. The summed E-state index contributed by atoms with van der Waals surface area (Å²) in [7, 11) is 0. The maximum Gasteiger partial charge on any atom is 0.0541 e. The Kier molecular flexibility index (Phi) is 4.06. The quantitative estimate of drug-likeness (QED) is 0.886. The molecule has 88 valence electrons. The van der Waals surface area contributed by atoms with E-state index in [9.17, 15) is 5.11 Å². The highest BCUT2D eigenvalue weighted by atomic mass is 35.5. The molecular weight excluding hydrogens is 255 g/mol. The molecule has 0 aromatic heterocycles. The van der Waals surface area contributed by atoms with Crippen LogP contribution in [-0.4, -0.2) is 11.7 Å². The van der Waals surface area contributed by atoms with Gasteiger partial charge in [-0.1, -0.05) is 59.6 Å². The van der Waals surface area contributed by atoms with Crippen LogP contribution in [0.1, 0.15) is 17.0 Å². The van der Waals surface area contributed by atoms with Crippen molar-refractivity contribution in [2.45, 2.75) is 5.92 Å². The van der Waals surface area contributed by atoms with E-state index in [-0.39, 0.29) is 12.5 Å². The lowest BCUT2D eigenvalue weighted by Crippen LogP contribution is -2.07. The van der Waals surface area contributed by atoms with E-state index in [0.717, 1.165) is 11.1 Å². The second-order valence-corrected chi connectivity index (χ2v) is 4.59. The second-order valence-electron chi connectivity index (χ2n) is 3.78. The third-order valence-electron chi connectivity index (χ3n) is 2.74. The summed E-state index contributed by atoms with van der Waals surface area (Å²) in [5.74, 6) is -0.183. The predicted octanol–water partition coefficient (Wildman–Crippen LogP) is 4.12. The smallest absolute Gasteiger partial charge is 0.0541 e. The number of halogens is 2. The van der Waals surface area contributed by atoms with Crippen LogP contribution in [0.15, 0.2) is 48.5 Å². The molecule has 1 N–H and O–H groups in total. The highest BCUT2D eigenvalue weighted by Crippen LogP contribution is 2.33. The summed E-state index contributed by atoms with van der Waals surface area (Å²) in [6.45, 7) is -0.0204. The molecule has 0 radical (unpaired) electrons. The van der Waals surface area contributed by atoms with Crippen LogP contribution in [0.4, 0.5) is 0 Å². The maximum absolute atomic E-state index is 9.56. The third kappa shape index (κ3) is 2.63. The van der Waals surface area contributed by atoms with E-state index < -0.39 is 0 Å². The summed E-state index contributed by atoms with van der Waals surface area (Å²) >= 11 is 12.3. The van der Waals surface area contributed by atoms with Crippen LogP contribution in [0.3, 0.4) is 0 Å².